The summed E-state index contributed by atoms with van der Waals surface area (Å²) < 4.78 is 42.2. The SMILES string of the molecule is CC[C@@H]1N(Cc2ccoc2)CCC[C@]12CCC(=O)N2CCOC.O=C(O)C(F)(F)F. The zero-order chi connectivity index (χ0) is 22.4. The minimum absolute atomic E-state index is 0.00759. The quantitative estimate of drug-likeness (QED) is 0.740. The van der Waals surface area contributed by atoms with E-state index in [1.165, 1.54) is 5.56 Å². The number of piperidine rings is 1. The van der Waals surface area contributed by atoms with Crippen LogP contribution in [0.2, 0.25) is 0 Å². The number of amides is 1. The molecule has 0 radical (unpaired) electrons. The number of ether oxygens (including phenoxy) is 1. The third-order valence-corrected chi connectivity index (χ3v) is 5.84. The van der Waals surface area contributed by atoms with E-state index >= 15 is 0 Å². The minimum Gasteiger partial charge on any atom is -0.475 e. The van der Waals surface area contributed by atoms with Gasteiger partial charge in [-0.1, -0.05) is 6.92 Å². The molecule has 1 N–H and O–H groups in total. The van der Waals surface area contributed by atoms with E-state index in [1.54, 1.807) is 13.4 Å². The molecule has 10 heteroatoms. The number of halogens is 3. The smallest absolute Gasteiger partial charge is 0.475 e. The number of aliphatic carboxylic acids is 1. The number of carbonyl (C=O) groups is 2. The van der Waals surface area contributed by atoms with Crippen LogP contribution in [0.15, 0.2) is 23.0 Å². The lowest BCUT2D eigenvalue weighted by Gasteiger charge is -2.52. The number of methoxy groups -OCH3 is 1. The summed E-state index contributed by atoms with van der Waals surface area (Å²) in [5, 5.41) is 7.12. The van der Waals surface area contributed by atoms with Crippen LogP contribution >= 0.6 is 0 Å². The highest BCUT2D eigenvalue weighted by Gasteiger charge is 2.52. The maximum absolute atomic E-state index is 12.5. The second kappa shape index (κ2) is 10.3. The Hall–Kier alpha value is -2.07. The molecule has 3 rings (SSSR count). The van der Waals surface area contributed by atoms with Crippen molar-refractivity contribution in [3.8, 4) is 0 Å². The van der Waals surface area contributed by atoms with Crippen molar-refractivity contribution in [1.82, 2.24) is 9.80 Å². The van der Waals surface area contributed by atoms with Gasteiger partial charge < -0.3 is 19.2 Å². The van der Waals surface area contributed by atoms with Crippen LogP contribution < -0.4 is 0 Å². The van der Waals surface area contributed by atoms with Crippen LogP contribution in [0, 0.1) is 0 Å². The molecule has 1 spiro atoms. The molecule has 0 bridgehead atoms. The van der Waals surface area contributed by atoms with Gasteiger partial charge in [-0.3, -0.25) is 9.69 Å². The van der Waals surface area contributed by atoms with Gasteiger partial charge in [0.05, 0.1) is 24.7 Å². The summed E-state index contributed by atoms with van der Waals surface area (Å²) in [7, 11) is 1.70. The van der Waals surface area contributed by atoms with Crippen LogP contribution in [0.4, 0.5) is 13.2 Å². The van der Waals surface area contributed by atoms with Crippen LogP contribution in [-0.4, -0.2) is 71.3 Å². The number of alkyl halides is 3. The monoisotopic (exact) mass is 434 g/mol. The molecule has 2 atom stereocenters. The zero-order valence-electron chi connectivity index (χ0n) is 17.3. The second-order valence-electron chi connectivity index (χ2n) is 7.57. The number of hydrogen-bond donors (Lipinski definition) is 1. The number of hydrogen-bond acceptors (Lipinski definition) is 5. The molecule has 30 heavy (non-hydrogen) atoms. The van der Waals surface area contributed by atoms with Crippen molar-refractivity contribution in [1.29, 1.82) is 0 Å². The summed E-state index contributed by atoms with van der Waals surface area (Å²) in [5.41, 5.74) is 1.21. The number of carboxylic acid groups (broad SMARTS) is 1. The summed E-state index contributed by atoms with van der Waals surface area (Å²) in [4.78, 5) is 26.1. The Kier molecular flexibility index (Phi) is 8.31. The van der Waals surface area contributed by atoms with E-state index in [2.05, 4.69) is 16.7 Å². The van der Waals surface area contributed by atoms with E-state index in [-0.39, 0.29) is 5.54 Å². The second-order valence-corrected chi connectivity index (χ2v) is 7.57. The lowest BCUT2D eigenvalue weighted by Crippen LogP contribution is -2.63. The topological polar surface area (TPSA) is 83.2 Å². The summed E-state index contributed by atoms with van der Waals surface area (Å²) in [6, 6.07) is 2.45. The molecule has 2 aliphatic heterocycles. The van der Waals surface area contributed by atoms with E-state index in [1.807, 2.05) is 12.3 Å². The third-order valence-electron chi connectivity index (χ3n) is 5.84. The molecule has 1 aromatic heterocycles. The molecule has 2 saturated heterocycles. The van der Waals surface area contributed by atoms with Crippen molar-refractivity contribution in [2.75, 3.05) is 26.8 Å². The highest BCUT2D eigenvalue weighted by molar-refractivity contribution is 5.80. The van der Waals surface area contributed by atoms with Crippen LogP contribution in [0.3, 0.4) is 0 Å². The van der Waals surface area contributed by atoms with Gasteiger partial charge in [0.15, 0.2) is 0 Å². The first-order valence-electron chi connectivity index (χ1n) is 10.0. The lowest BCUT2D eigenvalue weighted by molar-refractivity contribution is -0.192. The number of furan rings is 1. The van der Waals surface area contributed by atoms with E-state index in [9.17, 15) is 18.0 Å². The van der Waals surface area contributed by atoms with Crippen molar-refractivity contribution in [2.24, 2.45) is 0 Å². The van der Waals surface area contributed by atoms with Crippen molar-refractivity contribution in [3.63, 3.8) is 0 Å². The van der Waals surface area contributed by atoms with Crippen LogP contribution in [0.1, 0.15) is 44.6 Å². The van der Waals surface area contributed by atoms with Gasteiger partial charge in [0.25, 0.3) is 0 Å². The lowest BCUT2D eigenvalue weighted by atomic mass is 9.77. The number of rotatable bonds is 6. The van der Waals surface area contributed by atoms with Crippen molar-refractivity contribution in [3.05, 3.63) is 24.2 Å². The van der Waals surface area contributed by atoms with Gasteiger partial charge >= 0.3 is 12.1 Å². The molecule has 2 aliphatic rings. The fraction of sp³-hybridized carbons (Fsp3) is 0.700. The molecule has 0 unspecified atom stereocenters. The van der Waals surface area contributed by atoms with E-state index < -0.39 is 12.1 Å². The van der Waals surface area contributed by atoms with E-state index in [4.69, 9.17) is 19.1 Å². The number of carbonyl (C=O) groups excluding carboxylic acids is 1. The highest BCUT2D eigenvalue weighted by Crippen LogP contribution is 2.43. The van der Waals surface area contributed by atoms with Crippen LogP contribution in [-0.2, 0) is 20.9 Å². The molecule has 0 aromatic carbocycles. The van der Waals surface area contributed by atoms with E-state index in [0.717, 1.165) is 38.8 Å². The zero-order valence-corrected chi connectivity index (χ0v) is 17.3. The normalized spacial score (nSPS) is 24.8. The largest absolute Gasteiger partial charge is 0.490 e. The Morgan fingerprint density at radius 2 is 2.10 bits per heavy atom. The van der Waals surface area contributed by atoms with Crippen molar-refractivity contribution < 1.29 is 37.0 Å². The molecule has 7 nitrogen and oxygen atoms in total. The van der Waals surface area contributed by atoms with Gasteiger partial charge in [0.1, 0.15) is 0 Å². The summed E-state index contributed by atoms with van der Waals surface area (Å²) in [6.07, 6.45) is 3.47. The molecule has 170 valence electrons. The Labute approximate surface area is 173 Å². The van der Waals surface area contributed by atoms with Crippen molar-refractivity contribution in [2.45, 2.75) is 63.3 Å². The van der Waals surface area contributed by atoms with Crippen LogP contribution in [0.5, 0.6) is 0 Å². The Bertz CT molecular complexity index is 695. The summed E-state index contributed by atoms with van der Waals surface area (Å²) in [6.45, 7) is 5.58. The van der Waals surface area contributed by atoms with Gasteiger partial charge in [-0.05, 0) is 38.3 Å². The number of likely N-dealkylation sites (tertiary alicyclic amines) is 2. The van der Waals surface area contributed by atoms with Gasteiger partial charge in [-0.25, -0.2) is 4.79 Å². The highest BCUT2D eigenvalue weighted by atomic mass is 19.4. The van der Waals surface area contributed by atoms with Gasteiger partial charge in [0.2, 0.25) is 5.91 Å². The number of nitrogens with zero attached hydrogens (tertiary/aromatic N) is 2. The fourth-order valence-corrected chi connectivity index (χ4v) is 4.67. The van der Waals surface area contributed by atoms with Crippen LogP contribution in [0.25, 0.3) is 0 Å². The molecular weight excluding hydrogens is 405 g/mol. The molecule has 0 saturated carbocycles. The fourth-order valence-electron chi connectivity index (χ4n) is 4.67. The maximum atomic E-state index is 12.5. The summed E-state index contributed by atoms with van der Waals surface area (Å²) >= 11 is 0. The molecular formula is C20H29F3N2O5. The third kappa shape index (κ3) is 5.54. The standard InChI is InChI=1S/C18H28N2O3.C2HF3O2/c1-3-16-18(8-5-17(21)20(18)10-12-22-2)7-4-9-19(16)13-15-6-11-23-14-15;3-2(4,5)1(6)7/h6,11,14,16H,3-5,7-10,12-13H2,1-2H3;(H,6,7)/t16-,18-;/m0./s1. The first-order chi connectivity index (χ1) is 14.2. The predicted octanol–water partition coefficient (Wildman–Crippen LogP) is 3.29. The Morgan fingerprint density at radius 3 is 2.63 bits per heavy atom. The molecule has 2 fully saturated rings. The first-order valence-corrected chi connectivity index (χ1v) is 10.0. The number of carboxylic acids is 1. The van der Waals surface area contributed by atoms with Crippen molar-refractivity contribution >= 4 is 11.9 Å². The molecule has 1 aromatic rings. The van der Waals surface area contributed by atoms with Gasteiger partial charge in [-0.15, -0.1) is 0 Å². The Morgan fingerprint density at radius 1 is 1.40 bits per heavy atom. The average Bonchev–Trinajstić information content (AvgIpc) is 3.29. The molecule has 1 amide bonds. The minimum atomic E-state index is -5.08. The van der Waals surface area contributed by atoms with Gasteiger partial charge in [-0.2, -0.15) is 13.2 Å². The molecule has 0 aliphatic carbocycles. The van der Waals surface area contributed by atoms with Gasteiger partial charge in [0, 0.05) is 38.2 Å². The summed E-state index contributed by atoms with van der Waals surface area (Å²) in [5.74, 6) is -2.46. The van der Waals surface area contributed by atoms with E-state index in [0.29, 0.717) is 31.5 Å². The first kappa shape index (κ1) is 24.2. The Balaban J connectivity index is 0.000000396. The average molecular weight is 434 g/mol. The predicted molar refractivity (Wildman–Crippen MR) is 102 cm³/mol. The molecule has 3 heterocycles. The maximum Gasteiger partial charge on any atom is 0.490 e.